The summed E-state index contributed by atoms with van der Waals surface area (Å²) in [5.74, 6) is 0.508. The Morgan fingerprint density at radius 1 is 1.41 bits per heavy atom. The highest BCUT2D eigenvalue weighted by Gasteiger charge is 2.48. The second-order valence-corrected chi connectivity index (χ2v) is 4.49. The number of aromatic amines is 1. The summed E-state index contributed by atoms with van der Waals surface area (Å²) < 4.78 is 0. The third-order valence-corrected chi connectivity index (χ3v) is 3.71. The van der Waals surface area contributed by atoms with Crippen LogP contribution in [0.1, 0.15) is 38.9 Å². The van der Waals surface area contributed by atoms with Crippen molar-refractivity contribution in [2.24, 2.45) is 5.41 Å². The first kappa shape index (κ1) is 11.8. The maximum absolute atomic E-state index is 12.3. The Labute approximate surface area is 100 Å². The molecule has 17 heavy (non-hydrogen) atoms. The van der Waals surface area contributed by atoms with E-state index in [1.807, 2.05) is 13.8 Å². The van der Waals surface area contributed by atoms with Crippen LogP contribution in [0.3, 0.4) is 0 Å². The number of nitrogens with one attached hydrogen (secondary N) is 1. The predicted octanol–water partition coefficient (Wildman–Crippen LogP) is 1.47. The first-order chi connectivity index (χ1) is 8.13. The van der Waals surface area contributed by atoms with E-state index in [0.717, 1.165) is 0 Å². The van der Waals surface area contributed by atoms with Crippen LogP contribution >= 0.6 is 0 Å². The van der Waals surface area contributed by atoms with Crippen molar-refractivity contribution < 1.29 is 9.59 Å². The quantitative estimate of drug-likeness (QED) is 0.804. The first-order valence-corrected chi connectivity index (χ1v) is 5.96. The number of amides is 2. The van der Waals surface area contributed by atoms with Gasteiger partial charge in [0.25, 0.3) is 0 Å². The van der Waals surface area contributed by atoms with Gasteiger partial charge in [0.1, 0.15) is 5.82 Å². The lowest BCUT2D eigenvalue weighted by Gasteiger charge is -2.23. The molecule has 1 aliphatic rings. The van der Waals surface area contributed by atoms with Crippen molar-refractivity contribution in [2.75, 3.05) is 0 Å². The number of hydrogen-bond donors (Lipinski definition) is 1. The largest absolute Gasteiger partial charge is 0.347 e. The lowest BCUT2D eigenvalue weighted by molar-refractivity contribution is -0.142. The highest BCUT2D eigenvalue weighted by atomic mass is 16.2. The fraction of sp³-hybridized carbons (Fsp3) is 0.583. The Bertz CT molecular complexity index is 421. The van der Waals surface area contributed by atoms with Crippen molar-refractivity contribution in [1.82, 2.24) is 14.9 Å². The van der Waals surface area contributed by atoms with Gasteiger partial charge in [-0.2, -0.15) is 0 Å². The number of carbonyl (C=O) groups is 2. The zero-order valence-electron chi connectivity index (χ0n) is 10.2. The molecule has 1 aromatic rings. The summed E-state index contributed by atoms with van der Waals surface area (Å²) in [7, 11) is 0. The summed E-state index contributed by atoms with van der Waals surface area (Å²) in [6.45, 7) is 4.18. The normalized spacial score (nSPS) is 19.1. The molecule has 1 aliphatic heterocycles. The summed E-state index contributed by atoms with van der Waals surface area (Å²) in [6, 6.07) is 0. The van der Waals surface area contributed by atoms with Crippen LogP contribution in [0.25, 0.3) is 0 Å². The molecule has 0 saturated carbocycles. The van der Waals surface area contributed by atoms with E-state index < -0.39 is 5.41 Å². The fourth-order valence-corrected chi connectivity index (χ4v) is 2.36. The molecule has 92 valence electrons. The summed E-state index contributed by atoms with van der Waals surface area (Å²) in [5.41, 5.74) is -0.482. The molecule has 1 N–H and O–H groups in total. The van der Waals surface area contributed by atoms with Gasteiger partial charge in [-0.15, -0.1) is 0 Å². The van der Waals surface area contributed by atoms with Crippen LogP contribution in [0.2, 0.25) is 0 Å². The van der Waals surface area contributed by atoms with Crippen molar-refractivity contribution in [1.29, 1.82) is 0 Å². The summed E-state index contributed by atoms with van der Waals surface area (Å²) in [5, 5.41) is 0. The van der Waals surface area contributed by atoms with Gasteiger partial charge in [0.2, 0.25) is 11.8 Å². The van der Waals surface area contributed by atoms with Crippen LogP contribution in [-0.4, -0.2) is 26.7 Å². The van der Waals surface area contributed by atoms with Gasteiger partial charge in [-0.05, 0) is 12.8 Å². The van der Waals surface area contributed by atoms with Crippen LogP contribution in [0.4, 0.5) is 0 Å². The van der Waals surface area contributed by atoms with Crippen LogP contribution < -0.4 is 0 Å². The molecule has 0 spiro atoms. The summed E-state index contributed by atoms with van der Waals surface area (Å²) >= 11 is 0. The Morgan fingerprint density at radius 3 is 2.59 bits per heavy atom. The second-order valence-electron chi connectivity index (χ2n) is 4.49. The minimum atomic E-state index is -0.482. The molecule has 0 aromatic carbocycles. The van der Waals surface area contributed by atoms with Gasteiger partial charge in [-0.1, -0.05) is 13.8 Å². The minimum Gasteiger partial charge on any atom is -0.347 e. The molecule has 5 nitrogen and oxygen atoms in total. The minimum absolute atomic E-state index is 0.0519. The monoisotopic (exact) mass is 235 g/mol. The van der Waals surface area contributed by atoms with Crippen LogP contribution in [-0.2, 0) is 16.1 Å². The van der Waals surface area contributed by atoms with E-state index in [0.29, 0.717) is 25.1 Å². The van der Waals surface area contributed by atoms with Gasteiger partial charge in [0.15, 0.2) is 0 Å². The van der Waals surface area contributed by atoms with Crippen molar-refractivity contribution in [3.63, 3.8) is 0 Å². The Hall–Kier alpha value is -1.65. The third-order valence-electron chi connectivity index (χ3n) is 3.71. The lowest BCUT2D eigenvalue weighted by atomic mass is 9.81. The van der Waals surface area contributed by atoms with Gasteiger partial charge in [0, 0.05) is 18.8 Å². The fourth-order valence-electron chi connectivity index (χ4n) is 2.36. The van der Waals surface area contributed by atoms with E-state index in [9.17, 15) is 9.59 Å². The van der Waals surface area contributed by atoms with E-state index in [2.05, 4.69) is 9.97 Å². The Morgan fingerprint density at radius 2 is 2.12 bits per heavy atom. The SMILES string of the molecule is CCC1(CC)CC(=O)N(Cc2ncc[nH]2)C1=O. The van der Waals surface area contributed by atoms with Crippen molar-refractivity contribution in [2.45, 2.75) is 39.7 Å². The van der Waals surface area contributed by atoms with Crippen molar-refractivity contribution >= 4 is 11.8 Å². The molecule has 1 fully saturated rings. The molecule has 5 heteroatoms. The number of H-pyrrole nitrogens is 1. The number of carbonyl (C=O) groups excluding carboxylic acids is 2. The van der Waals surface area contributed by atoms with Crippen molar-refractivity contribution in [3.8, 4) is 0 Å². The lowest BCUT2D eigenvalue weighted by Crippen LogP contribution is -2.35. The molecule has 0 bridgehead atoms. The summed E-state index contributed by atoms with van der Waals surface area (Å²) in [4.78, 5) is 32.5. The number of hydrogen-bond acceptors (Lipinski definition) is 3. The maximum Gasteiger partial charge on any atom is 0.236 e. The molecule has 2 amide bonds. The molecule has 1 aromatic heterocycles. The summed E-state index contributed by atoms with van der Waals surface area (Å²) in [6.07, 6.45) is 5.06. The third kappa shape index (κ3) is 1.85. The molecule has 2 heterocycles. The molecular weight excluding hydrogens is 218 g/mol. The van der Waals surface area contributed by atoms with Crippen LogP contribution in [0, 0.1) is 5.41 Å². The van der Waals surface area contributed by atoms with E-state index in [-0.39, 0.29) is 18.4 Å². The number of imidazole rings is 1. The number of aromatic nitrogens is 2. The molecule has 0 unspecified atom stereocenters. The van der Waals surface area contributed by atoms with Gasteiger partial charge in [-0.3, -0.25) is 14.5 Å². The Kier molecular flexibility index (Phi) is 3.00. The van der Waals surface area contributed by atoms with Gasteiger partial charge < -0.3 is 4.98 Å². The zero-order chi connectivity index (χ0) is 12.5. The van der Waals surface area contributed by atoms with E-state index in [4.69, 9.17) is 0 Å². The first-order valence-electron chi connectivity index (χ1n) is 5.96. The topological polar surface area (TPSA) is 66.1 Å². The average Bonchev–Trinajstić information content (AvgIpc) is 2.91. The molecular formula is C12H17N3O2. The predicted molar refractivity (Wildman–Crippen MR) is 61.8 cm³/mol. The van der Waals surface area contributed by atoms with E-state index in [1.165, 1.54) is 4.90 Å². The van der Waals surface area contributed by atoms with Crippen LogP contribution in [0.5, 0.6) is 0 Å². The van der Waals surface area contributed by atoms with Gasteiger partial charge in [0.05, 0.1) is 12.0 Å². The van der Waals surface area contributed by atoms with E-state index in [1.54, 1.807) is 12.4 Å². The molecule has 2 rings (SSSR count). The smallest absolute Gasteiger partial charge is 0.236 e. The standard InChI is InChI=1S/C12H17N3O2/c1-3-12(4-2)7-10(16)15(11(12)17)8-9-13-5-6-14-9/h5-6H,3-4,7-8H2,1-2H3,(H,13,14). The average molecular weight is 235 g/mol. The van der Waals surface area contributed by atoms with Crippen molar-refractivity contribution in [3.05, 3.63) is 18.2 Å². The highest BCUT2D eigenvalue weighted by molar-refractivity contribution is 6.05. The molecule has 0 radical (unpaired) electrons. The highest BCUT2D eigenvalue weighted by Crippen LogP contribution is 2.39. The Balaban J connectivity index is 2.19. The maximum atomic E-state index is 12.3. The van der Waals surface area contributed by atoms with Gasteiger partial charge in [-0.25, -0.2) is 4.98 Å². The number of nitrogens with zero attached hydrogens (tertiary/aromatic N) is 2. The van der Waals surface area contributed by atoms with Gasteiger partial charge >= 0.3 is 0 Å². The second kappa shape index (κ2) is 4.31. The zero-order valence-corrected chi connectivity index (χ0v) is 10.2. The molecule has 0 atom stereocenters. The number of imide groups is 1. The molecule has 0 aliphatic carbocycles. The molecule has 1 saturated heterocycles. The number of rotatable bonds is 4. The van der Waals surface area contributed by atoms with Crippen LogP contribution in [0.15, 0.2) is 12.4 Å². The number of likely N-dealkylation sites (tertiary alicyclic amines) is 1. The van der Waals surface area contributed by atoms with E-state index >= 15 is 0 Å².